The van der Waals surface area contributed by atoms with Crippen molar-refractivity contribution in [2.24, 2.45) is 0 Å². The molecule has 1 fully saturated rings. The lowest BCUT2D eigenvalue weighted by molar-refractivity contribution is 0.635. The predicted octanol–water partition coefficient (Wildman–Crippen LogP) is 2.52. The van der Waals surface area contributed by atoms with Gasteiger partial charge in [0.05, 0.1) is 0 Å². The number of thioether (sulfide) groups is 1. The van der Waals surface area contributed by atoms with Crippen LogP contribution in [0.1, 0.15) is 25.8 Å². The zero-order valence-corrected chi connectivity index (χ0v) is 12.4. The maximum Gasteiger partial charge on any atom is 0.0443 e. The molecule has 0 aromatic carbocycles. The van der Waals surface area contributed by atoms with E-state index in [2.05, 4.69) is 46.9 Å². The summed E-state index contributed by atoms with van der Waals surface area (Å²) in [7, 11) is 1.98. The van der Waals surface area contributed by atoms with Gasteiger partial charge in [0.15, 0.2) is 0 Å². The van der Waals surface area contributed by atoms with Gasteiger partial charge in [0.2, 0.25) is 0 Å². The Morgan fingerprint density at radius 2 is 2.28 bits per heavy atom. The summed E-state index contributed by atoms with van der Waals surface area (Å²) in [5.41, 5.74) is 2.64. The van der Waals surface area contributed by atoms with Crippen molar-refractivity contribution in [3.8, 4) is 0 Å². The monoisotopic (exact) mass is 265 g/mol. The molecule has 3 nitrogen and oxygen atoms in total. The molecule has 1 N–H and O–H groups in total. The van der Waals surface area contributed by atoms with Gasteiger partial charge in [-0.2, -0.15) is 11.8 Å². The van der Waals surface area contributed by atoms with Crippen LogP contribution in [-0.2, 0) is 6.54 Å². The summed E-state index contributed by atoms with van der Waals surface area (Å²) in [6.07, 6.45) is 5.12. The van der Waals surface area contributed by atoms with Crippen molar-refractivity contribution in [3.05, 3.63) is 24.0 Å². The number of aromatic nitrogens is 1. The van der Waals surface area contributed by atoms with E-state index in [0.29, 0.717) is 4.75 Å². The van der Waals surface area contributed by atoms with Crippen LogP contribution in [0.3, 0.4) is 0 Å². The molecule has 1 saturated heterocycles. The fraction of sp³-hybridized carbons (Fsp3) is 0.643. The average Bonchev–Trinajstić information content (AvgIpc) is 2.52. The minimum atomic E-state index is 0.408. The third-order valence-electron chi connectivity index (χ3n) is 3.42. The molecule has 0 aliphatic carbocycles. The standard InChI is InChI=1S/C14H23N3S/c1-14(2)5-7-17(8-9-18-14)13-4-6-16-11-12(13)10-15-3/h4,6,11,15H,5,7-10H2,1-3H3. The smallest absolute Gasteiger partial charge is 0.0443 e. The van der Waals surface area contributed by atoms with Crippen molar-refractivity contribution in [3.63, 3.8) is 0 Å². The molecule has 0 saturated carbocycles. The molecule has 0 amide bonds. The first-order chi connectivity index (χ1) is 8.62. The van der Waals surface area contributed by atoms with Gasteiger partial charge >= 0.3 is 0 Å². The van der Waals surface area contributed by atoms with E-state index in [4.69, 9.17) is 0 Å². The number of pyridine rings is 1. The van der Waals surface area contributed by atoms with E-state index in [1.54, 1.807) is 0 Å². The highest BCUT2D eigenvalue weighted by atomic mass is 32.2. The zero-order valence-electron chi connectivity index (χ0n) is 11.6. The Morgan fingerprint density at radius 3 is 3.06 bits per heavy atom. The van der Waals surface area contributed by atoms with Crippen molar-refractivity contribution in [1.82, 2.24) is 10.3 Å². The van der Waals surface area contributed by atoms with Crippen LogP contribution in [0.2, 0.25) is 0 Å². The third kappa shape index (κ3) is 3.39. The van der Waals surface area contributed by atoms with Crippen molar-refractivity contribution < 1.29 is 0 Å². The van der Waals surface area contributed by atoms with E-state index >= 15 is 0 Å². The first-order valence-electron chi connectivity index (χ1n) is 6.59. The Kier molecular flexibility index (Phi) is 4.51. The summed E-state index contributed by atoms with van der Waals surface area (Å²) in [6.45, 7) is 7.86. The molecule has 1 aromatic rings. The van der Waals surface area contributed by atoms with Crippen LogP contribution in [0.15, 0.2) is 18.5 Å². The fourth-order valence-corrected chi connectivity index (χ4v) is 3.42. The molecule has 0 spiro atoms. The van der Waals surface area contributed by atoms with E-state index in [-0.39, 0.29) is 0 Å². The lowest BCUT2D eigenvalue weighted by Crippen LogP contribution is -2.28. The first kappa shape index (κ1) is 13.7. The molecule has 100 valence electrons. The summed E-state index contributed by atoms with van der Waals surface area (Å²) >= 11 is 2.09. The topological polar surface area (TPSA) is 28.2 Å². The molecular formula is C14H23N3S. The maximum atomic E-state index is 4.24. The van der Waals surface area contributed by atoms with Gasteiger partial charge in [-0.15, -0.1) is 0 Å². The van der Waals surface area contributed by atoms with Crippen molar-refractivity contribution in [2.75, 3.05) is 30.8 Å². The molecule has 0 unspecified atom stereocenters. The van der Waals surface area contributed by atoms with Crippen molar-refractivity contribution in [1.29, 1.82) is 0 Å². The summed E-state index contributed by atoms with van der Waals surface area (Å²) < 4.78 is 0.408. The van der Waals surface area contributed by atoms with Crippen LogP contribution >= 0.6 is 11.8 Å². The highest BCUT2D eigenvalue weighted by Gasteiger charge is 2.24. The van der Waals surface area contributed by atoms with Crippen LogP contribution in [0.4, 0.5) is 5.69 Å². The van der Waals surface area contributed by atoms with Gasteiger partial charge in [-0.25, -0.2) is 0 Å². The minimum Gasteiger partial charge on any atom is -0.370 e. The third-order valence-corrected chi connectivity index (χ3v) is 4.80. The molecule has 0 radical (unpaired) electrons. The highest BCUT2D eigenvalue weighted by molar-refractivity contribution is 8.00. The van der Waals surface area contributed by atoms with Crippen LogP contribution in [0.25, 0.3) is 0 Å². The van der Waals surface area contributed by atoms with Gasteiger partial charge in [-0.1, -0.05) is 13.8 Å². The normalized spacial score (nSPS) is 19.6. The SMILES string of the molecule is CNCc1cnccc1N1CCSC(C)(C)CC1. The van der Waals surface area contributed by atoms with Gasteiger partial charge in [-0.3, -0.25) is 4.98 Å². The zero-order chi connectivity index (χ0) is 13.0. The van der Waals surface area contributed by atoms with E-state index in [1.807, 2.05) is 19.4 Å². The maximum absolute atomic E-state index is 4.24. The minimum absolute atomic E-state index is 0.408. The molecule has 0 atom stereocenters. The van der Waals surface area contributed by atoms with Crippen LogP contribution < -0.4 is 10.2 Å². The summed E-state index contributed by atoms with van der Waals surface area (Å²) in [5, 5.41) is 3.22. The Labute approximate surface area is 114 Å². The average molecular weight is 265 g/mol. The molecule has 1 aromatic heterocycles. The molecule has 0 bridgehead atoms. The van der Waals surface area contributed by atoms with Gasteiger partial charge < -0.3 is 10.2 Å². The lowest BCUT2D eigenvalue weighted by atomic mass is 10.1. The fourth-order valence-electron chi connectivity index (χ4n) is 2.32. The predicted molar refractivity (Wildman–Crippen MR) is 80.4 cm³/mol. The Bertz CT molecular complexity index is 392. The Morgan fingerprint density at radius 1 is 1.44 bits per heavy atom. The second-order valence-electron chi connectivity index (χ2n) is 5.38. The quantitative estimate of drug-likeness (QED) is 0.909. The molecular weight excluding hydrogens is 242 g/mol. The van der Waals surface area contributed by atoms with Crippen LogP contribution in [0, 0.1) is 0 Å². The number of nitrogens with zero attached hydrogens (tertiary/aromatic N) is 2. The molecule has 1 aliphatic rings. The van der Waals surface area contributed by atoms with Crippen molar-refractivity contribution in [2.45, 2.75) is 31.6 Å². The van der Waals surface area contributed by atoms with Crippen molar-refractivity contribution >= 4 is 17.4 Å². The van der Waals surface area contributed by atoms with Gasteiger partial charge in [0.25, 0.3) is 0 Å². The van der Waals surface area contributed by atoms with E-state index < -0.39 is 0 Å². The van der Waals surface area contributed by atoms with Gasteiger partial charge in [0, 0.05) is 53.8 Å². The number of hydrogen-bond acceptors (Lipinski definition) is 4. The number of rotatable bonds is 3. The second-order valence-corrected chi connectivity index (χ2v) is 7.18. The highest BCUT2D eigenvalue weighted by Crippen LogP contribution is 2.32. The molecule has 18 heavy (non-hydrogen) atoms. The number of anilines is 1. The first-order valence-corrected chi connectivity index (χ1v) is 7.57. The molecule has 2 heterocycles. The Balaban J connectivity index is 2.15. The van der Waals surface area contributed by atoms with E-state index in [0.717, 1.165) is 19.6 Å². The summed E-state index contributed by atoms with van der Waals surface area (Å²) in [6, 6.07) is 2.15. The number of nitrogens with one attached hydrogen (secondary N) is 1. The molecule has 1 aliphatic heterocycles. The number of hydrogen-bond donors (Lipinski definition) is 1. The molecule has 4 heteroatoms. The summed E-state index contributed by atoms with van der Waals surface area (Å²) in [4.78, 5) is 6.75. The molecule has 2 rings (SSSR count). The van der Waals surface area contributed by atoms with E-state index in [1.165, 1.54) is 23.4 Å². The van der Waals surface area contributed by atoms with Crippen LogP contribution in [-0.4, -0.2) is 35.6 Å². The summed E-state index contributed by atoms with van der Waals surface area (Å²) in [5.74, 6) is 1.20. The lowest BCUT2D eigenvalue weighted by Gasteiger charge is -2.26. The van der Waals surface area contributed by atoms with Gasteiger partial charge in [-0.05, 0) is 19.5 Å². The largest absolute Gasteiger partial charge is 0.370 e. The van der Waals surface area contributed by atoms with Gasteiger partial charge in [0.1, 0.15) is 0 Å². The van der Waals surface area contributed by atoms with Crippen LogP contribution in [0.5, 0.6) is 0 Å². The second kappa shape index (κ2) is 5.93. The van der Waals surface area contributed by atoms with E-state index in [9.17, 15) is 0 Å². The Hall–Kier alpha value is -0.740.